The number of rotatable bonds is 8. The van der Waals surface area contributed by atoms with Crippen LogP contribution < -0.4 is 10.0 Å². The third-order valence-corrected chi connectivity index (χ3v) is 8.56. The molecular formula is C24H23ClN6O2S2. The van der Waals surface area contributed by atoms with Crippen molar-refractivity contribution in [2.24, 2.45) is 5.92 Å². The molecule has 4 aromatic heterocycles. The monoisotopic (exact) mass is 526 g/mol. The van der Waals surface area contributed by atoms with Crippen LogP contribution in [0.3, 0.4) is 0 Å². The zero-order valence-corrected chi connectivity index (χ0v) is 21.1. The van der Waals surface area contributed by atoms with E-state index in [4.69, 9.17) is 16.3 Å². The highest BCUT2D eigenvalue weighted by atomic mass is 35.5. The van der Waals surface area contributed by atoms with E-state index < -0.39 is 0 Å². The van der Waals surface area contributed by atoms with E-state index in [0.717, 1.165) is 33.8 Å². The van der Waals surface area contributed by atoms with E-state index in [0.29, 0.717) is 28.5 Å². The highest BCUT2D eigenvalue weighted by Crippen LogP contribution is 2.36. The topological polar surface area (TPSA) is 93.4 Å². The second kappa shape index (κ2) is 9.77. The van der Waals surface area contributed by atoms with Gasteiger partial charge in [0.25, 0.3) is 5.91 Å². The molecule has 35 heavy (non-hydrogen) atoms. The summed E-state index contributed by atoms with van der Waals surface area (Å²) in [5.41, 5.74) is 3.57. The molecule has 2 N–H and O–H groups in total. The minimum Gasteiger partial charge on any atom is -0.381 e. The lowest BCUT2D eigenvalue weighted by Gasteiger charge is -2.23. The van der Waals surface area contributed by atoms with Crippen molar-refractivity contribution < 1.29 is 9.53 Å². The van der Waals surface area contributed by atoms with Gasteiger partial charge in [-0.1, -0.05) is 11.6 Å². The van der Waals surface area contributed by atoms with Gasteiger partial charge in [0.15, 0.2) is 5.01 Å². The average molecular weight is 527 g/mol. The van der Waals surface area contributed by atoms with Gasteiger partial charge in [-0.25, -0.2) is 9.50 Å². The summed E-state index contributed by atoms with van der Waals surface area (Å²) in [4.78, 5) is 23.2. The van der Waals surface area contributed by atoms with Crippen LogP contribution in [0.2, 0.25) is 5.02 Å². The standard InChI is InChI=1S/C24H23ClN6O2S2/c25-15-4-7-31-20(9-15)18(11-28-31)21-12-27-24(34-21)23(32)29-22(14-5-8-33-13-14)19-10-16(3-6-26-19)30-35-17-1-2-17/h3-4,6-7,9-12,14,17,22H,1-2,5,8,13H2,(H,26,30)(H,29,32). The molecule has 1 saturated carbocycles. The Balaban J connectivity index is 1.23. The van der Waals surface area contributed by atoms with E-state index in [-0.39, 0.29) is 17.9 Å². The number of nitrogens with one attached hydrogen (secondary N) is 2. The Labute approximate surface area is 215 Å². The summed E-state index contributed by atoms with van der Waals surface area (Å²) in [5, 5.41) is 9.27. The number of hydrogen-bond donors (Lipinski definition) is 2. The van der Waals surface area contributed by atoms with E-state index in [9.17, 15) is 4.79 Å². The van der Waals surface area contributed by atoms with Crippen molar-refractivity contribution in [3.63, 3.8) is 0 Å². The fraction of sp³-hybridized carbons (Fsp3) is 0.333. The number of amides is 1. The van der Waals surface area contributed by atoms with Gasteiger partial charge in [0.2, 0.25) is 0 Å². The van der Waals surface area contributed by atoms with Gasteiger partial charge in [0, 0.05) is 52.6 Å². The van der Waals surface area contributed by atoms with Crippen molar-refractivity contribution in [2.45, 2.75) is 30.6 Å². The molecule has 1 saturated heterocycles. The predicted molar refractivity (Wildman–Crippen MR) is 139 cm³/mol. The van der Waals surface area contributed by atoms with E-state index in [1.807, 2.05) is 24.4 Å². The lowest BCUT2D eigenvalue weighted by molar-refractivity contribution is 0.0914. The Bertz CT molecular complexity index is 1370. The Hall–Kier alpha value is -2.66. The summed E-state index contributed by atoms with van der Waals surface area (Å²) in [5.74, 6) is -0.0702. The Morgan fingerprint density at radius 3 is 2.97 bits per heavy atom. The minimum atomic E-state index is -0.263. The van der Waals surface area contributed by atoms with Crippen LogP contribution >= 0.6 is 34.9 Å². The zero-order valence-electron chi connectivity index (χ0n) is 18.7. The molecule has 2 aliphatic rings. The van der Waals surface area contributed by atoms with Gasteiger partial charge in [-0.15, -0.1) is 11.3 Å². The lowest BCUT2D eigenvalue weighted by Crippen LogP contribution is -2.34. The predicted octanol–water partition coefficient (Wildman–Crippen LogP) is 5.24. The van der Waals surface area contributed by atoms with Crippen LogP contribution in [0.25, 0.3) is 16.0 Å². The number of anilines is 1. The number of pyridine rings is 2. The maximum Gasteiger partial charge on any atom is 0.280 e. The largest absolute Gasteiger partial charge is 0.381 e. The van der Waals surface area contributed by atoms with Crippen molar-refractivity contribution in [1.82, 2.24) is 24.9 Å². The number of halogens is 1. The molecule has 0 aromatic carbocycles. The number of ether oxygens (including phenoxy) is 1. The second-order valence-corrected chi connectivity index (χ2v) is 11.3. The molecule has 2 fully saturated rings. The Kier molecular flexibility index (Phi) is 6.36. The fourth-order valence-electron chi connectivity index (χ4n) is 4.12. The minimum absolute atomic E-state index is 0.152. The number of fused-ring (bicyclic) bond motifs is 1. The third-order valence-electron chi connectivity index (χ3n) is 6.14. The highest BCUT2D eigenvalue weighted by Gasteiger charge is 2.31. The summed E-state index contributed by atoms with van der Waals surface area (Å²) in [6.07, 6.45) is 10.5. The van der Waals surface area contributed by atoms with Crippen LogP contribution in [-0.2, 0) is 4.74 Å². The summed E-state index contributed by atoms with van der Waals surface area (Å²) >= 11 is 9.26. The zero-order chi connectivity index (χ0) is 23.8. The van der Waals surface area contributed by atoms with Crippen molar-refractivity contribution in [3.05, 3.63) is 64.8 Å². The molecule has 180 valence electrons. The lowest BCUT2D eigenvalue weighted by atomic mass is 9.95. The molecule has 4 aromatic rings. The summed E-state index contributed by atoms with van der Waals surface area (Å²) in [6.45, 7) is 1.28. The van der Waals surface area contributed by atoms with Gasteiger partial charge < -0.3 is 14.8 Å². The number of thiazole rings is 1. The van der Waals surface area contributed by atoms with Gasteiger partial charge in [-0.3, -0.25) is 9.78 Å². The maximum atomic E-state index is 13.3. The third kappa shape index (κ3) is 5.02. The first kappa shape index (κ1) is 22.8. The molecule has 1 aliphatic heterocycles. The smallest absolute Gasteiger partial charge is 0.280 e. The number of nitrogens with zero attached hydrogens (tertiary/aromatic N) is 4. The SMILES string of the molecule is O=C(NC(c1cc(NSC2CC2)ccn1)C1CCOC1)c1ncc(-c2cnn3ccc(Cl)cc23)s1. The van der Waals surface area contributed by atoms with Gasteiger partial charge in [-0.05, 0) is 55.5 Å². The maximum absolute atomic E-state index is 13.3. The van der Waals surface area contributed by atoms with Crippen molar-refractivity contribution in [1.29, 1.82) is 0 Å². The van der Waals surface area contributed by atoms with Crippen molar-refractivity contribution >= 4 is 52.0 Å². The normalized spacial score (nSPS) is 18.6. The molecule has 6 rings (SSSR count). The fourth-order valence-corrected chi connectivity index (χ4v) is 5.92. The Morgan fingerprint density at radius 1 is 1.23 bits per heavy atom. The molecule has 2 atom stereocenters. The molecule has 0 bridgehead atoms. The van der Waals surface area contributed by atoms with E-state index in [2.05, 4.69) is 25.1 Å². The molecule has 1 aliphatic carbocycles. The molecular weight excluding hydrogens is 504 g/mol. The summed E-state index contributed by atoms with van der Waals surface area (Å²) in [7, 11) is 0. The molecule has 2 unspecified atom stereocenters. The molecule has 1 amide bonds. The molecule has 0 spiro atoms. The van der Waals surface area contributed by atoms with E-state index in [1.54, 1.807) is 41.1 Å². The number of carbonyl (C=O) groups is 1. The molecule has 0 radical (unpaired) electrons. The summed E-state index contributed by atoms with van der Waals surface area (Å²) in [6, 6.07) is 7.36. The Morgan fingerprint density at radius 2 is 2.14 bits per heavy atom. The van der Waals surface area contributed by atoms with Crippen LogP contribution in [0.15, 0.2) is 49.1 Å². The second-order valence-electron chi connectivity index (χ2n) is 8.73. The van der Waals surface area contributed by atoms with Crippen LogP contribution in [0.1, 0.15) is 40.8 Å². The van der Waals surface area contributed by atoms with Gasteiger partial charge in [0.1, 0.15) is 0 Å². The average Bonchev–Trinajstić information content (AvgIpc) is 3.24. The summed E-state index contributed by atoms with van der Waals surface area (Å²) < 4.78 is 10.8. The first-order valence-corrected chi connectivity index (χ1v) is 13.6. The van der Waals surface area contributed by atoms with Crippen LogP contribution in [0.4, 0.5) is 5.69 Å². The van der Waals surface area contributed by atoms with Gasteiger partial charge >= 0.3 is 0 Å². The van der Waals surface area contributed by atoms with Gasteiger partial charge in [-0.2, -0.15) is 5.10 Å². The highest BCUT2D eigenvalue weighted by molar-refractivity contribution is 8.01. The van der Waals surface area contributed by atoms with E-state index >= 15 is 0 Å². The van der Waals surface area contributed by atoms with Gasteiger partial charge in [0.05, 0.1) is 34.9 Å². The molecule has 5 heterocycles. The van der Waals surface area contributed by atoms with Crippen LogP contribution in [0, 0.1) is 5.92 Å². The quantitative estimate of drug-likeness (QED) is 0.303. The van der Waals surface area contributed by atoms with E-state index in [1.165, 1.54) is 24.2 Å². The van der Waals surface area contributed by atoms with Crippen molar-refractivity contribution in [3.8, 4) is 10.4 Å². The number of carbonyl (C=O) groups excluding carboxylic acids is 1. The number of hydrogen-bond acceptors (Lipinski definition) is 8. The molecule has 8 nitrogen and oxygen atoms in total. The number of aromatic nitrogens is 4. The van der Waals surface area contributed by atoms with Crippen molar-refractivity contribution in [2.75, 3.05) is 17.9 Å². The van der Waals surface area contributed by atoms with Crippen LogP contribution in [-0.4, -0.2) is 44.0 Å². The van der Waals surface area contributed by atoms with Crippen LogP contribution in [0.5, 0.6) is 0 Å². The first-order chi connectivity index (χ1) is 17.1. The molecule has 11 heteroatoms. The first-order valence-electron chi connectivity index (χ1n) is 11.5.